The lowest BCUT2D eigenvalue weighted by Gasteiger charge is -2.33. The molecule has 0 aliphatic rings. The van der Waals surface area contributed by atoms with Gasteiger partial charge in [0.05, 0.1) is 5.60 Å². The minimum Gasteiger partial charge on any atom is -0.391 e. The van der Waals surface area contributed by atoms with E-state index in [4.69, 9.17) is 0 Å². The third-order valence-corrected chi connectivity index (χ3v) is 1.84. The molecule has 8 heavy (non-hydrogen) atoms. The van der Waals surface area contributed by atoms with Gasteiger partial charge in [-0.15, -0.1) is 0 Å². The minimum absolute atomic E-state index is 0.00694. The zero-order valence-electron chi connectivity index (χ0n) is 6.45. The average Bonchev–Trinajstić information content (AvgIpc) is 1.25. The highest BCUT2D eigenvalue weighted by Gasteiger charge is 2.29. The van der Waals surface area contributed by atoms with Crippen molar-refractivity contribution in [1.29, 1.82) is 0 Å². The first-order chi connectivity index (χ1) is 3.25. The number of rotatable bonds is 1. The van der Waals surface area contributed by atoms with Crippen LogP contribution in [0.4, 0.5) is 0 Å². The van der Waals surface area contributed by atoms with E-state index >= 15 is 0 Å². The van der Waals surface area contributed by atoms with Gasteiger partial charge in [0, 0.05) is 0 Å². The molecule has 0 saturated heterocycles. The van der Waals surface area contributed by atoms with E-state index < -0.39 is 5.60 Å². The van der Waals surface area contributed by atoms with Gasteiger partial charge in [0.25, 0.3) is 0 Å². The highest BCUT2D eigenvalue weighted by Crippen LogP contribution is 2.32. The van der Waals surface area contributed by atoms with Crippen LogP contribution in [0.1, 0.15) is 27.7 Å². The second-order valence-corrected chi connectivity index (χ2v) is 3.81. The van der Waals surface area contributed by atoms with Crippen LogP contribution < -0.4 is 0 Å². The normalized spacial score (nSPS) is 14.1. The monoisotopic (exact) mass is 114 g/mol. The van der Waals surface area contributed by atoms with Crippen LogP contribution >= 0.6 is 0 Å². The first-order valence-corrected chi connectivity index (χ1v) is 2.97. The van der Waals surface area contributed by atoms with Gasteiger partial charge in [0.1, 0.15) is 7.85 Å². The van der Waals surface area contributed by atoms with Crippen molar-refractivity contribution in [3.8, 4) is 0 Å². The predicted octanol–water partition coefficient (Wildman–Crippen LogP) is 0.589. The van der Waals surface area contributed by atoms with E-state index in [0.717, 1.165) is 0 Å². The SMILES string of the molecule is BC(C)(C)C(C)(C)O. The van der Waals surface area contributed by atoms with Crippen LogP contribution in [0.25, 0.3) is 0 Å². The Morgan fingerprint density at radius 3 is 1.25 bits per heavy atom. The summed E-state index contributed by atoms with van der Waals surface area (Å²) in [5, 5.41) is 9.35. The van der Waals surface area contributed by atoms with Gasteiger partial charge in [0.2, 0.25) is 0 Å². The zero-order chi connectivity index (χ0) is 7.00. The van der Waals surface area contributed by atoms with Crippen LogP contribution in [-0.2, 0) is 0 Å². The largest absolute Gasteiger partial charge is 0.391 e. The molecule has 0 heterocycles. The van der Waals surface area contributed by atoms with E-state index in [1.165, 1.54) is 0 Å². The molecule has 0 aromatic carbocycles. The summed E-state index contributed by atoms with van der Waals surface area (Å²) >= 11 is 0. The summed E-state index contributed by atoms with van der Waals surface area (Å²) in [6, 6.07) is 0. The van der Waals surface area contributed by atoms with E-state index in [9.17, 15) is 5.11 Å². The van der Waals surface area contributed by atoms with Crippen LogP contribution in [0.5, 0.6) is 0 Å². The highest BCUT2D eigenvalue weighted by molar-refractivity contribution is 6.15. The van der Waals surface area contributed by atoms with Crippen molar-refractivity contribution in [2.75, 3.05) is 0 Å². The molecule has 0 aliphatic heterocycles. The maximum atomic E-state index is 9.35. The molecule has 0 rings (SSSR count). The Labute approximate surface area is 52.5 Å². The van der Waals surface area contributed by atoms with Gasteiger partial charge in [-0.2, -0.15) is 0 Å². The molecule has 0 fully saturated rings. The quantitative estimate of drug-likeness (QED) is 0.494. The fourth-order valence-corrected chi connectivity index (χ4v) is 0. The maximum absolute atomic E-state index is 9.35. The molecule has 0 radical (unpaired) electrons. The standard InChI is InChI=1S/C6H15BO/c1-5(2,7)6(3,4)8/h8H,7H2,1-4H3. The number of hydrogen-bond acceptors (Lipinski definition) is 1. The van der Waals surface area contributed by atoms with Crippen molar-refractivity contribution in [2.45, 2.75) is 38.6 Å². The Balaban J connectivity index is 4.02. The molecule has 0 amide bonds. The van der Waals surface area contributed by atoms with Gasteiger partial charge in [-0.25, -0.2) is 0 Å². The van der Waals surface area contributed by atoms with Crippen molar-refractivity contribution >= 4 is 7.85 Å². The van der Waals surface area contributed by atoms with Crippen LogP contribution in [0.15, 0.2) is 0 Å². The summed E-state index contributed by atoms with van der Waals surface area (Å²) < 4.78 is 0. The number of hydrogen-bond donors (Lipinski definition) is 1. The van der Waals surface area contributed by atoms with Gasteiger partial charge in [-0.3, -0.25) is 0 Å². The molecule has 0 aromatic rings. The molecule has 48 valence electrons. The molecule has 0 bridgehead atoms. The molecule has 0 aliphatic carbocycles. The third kappa shape index (κ3) is 1.87. The van der Waals surface area contributed by atoms with Gasteiger partial charge in [0.15, 0.2) is 0 Å². The zero-order valence-corrected chi connectivity index (χ0v) is 6.45. The van der Waals surface area contributed by atoms with Gasteiger partial charge >= 0.3 is 0 Å². The Morgan fingerprint density at radius 2 is 1.25 bits per heavy atom. The van der Waals surface area contributed by atoms with Gasteiger partial charge in [-0.1, -0.05) is 13.8 Å². The predicted molar refractivity (Wildman–Crippen MR) is 38.9 cm³/mol. The summed E-state index contributed by atoms with van der Waals surface area (Å²) in [4.78, 5) is 0. The lowest BCUT2D eigenvalue weighted by Crippen LogP contribution is -2.33. The van der Waals surface area contributed by atoms with Crippen LogP contribution in [0.2, 0.25) is 5.31 Å². The molecule has 0 unspecified atom stereocenters. The second-order valence-electron chi connectivity index (χ2n) is 3.81. The van der Waals surface area contributed by atoms with Crippen LogP contribution in [-0.4, -0.2) is 18.6 Å². The number of aliphatic hydroxyl groups is 1. The molecular formula is C6H15BO. The summed E-state index contributed by atoms with van der Waals surface area (Å²) in [6.07, 6.45) is 0. The van der Waals surface area contributed by atoms with E-state index in [-0.39, 0.29) is 5.31 Å². The maximum Gasteiger partial charge on any atom is 0.112 e. The Hall–Kier alpha value is 0.0249. The fourth-order valence-electron chi connectivity index (χ4n) is 0. The average molecular weight is 114 g/mol. The van der Waals surface area contributed by atoms with E-state index in [1.807, 2.05) is 35.5 Å². The van der Waals surface area contributed by atoms with Gasteiger partial charge < -0.3 is 5.11 Å². The van der Waals surface area contributed by atoms with Crippen LogP contribution in [0.3, 0.4) is 0 Å². The van der Waals surface area contributed by atoms with Crippen molar-refractivity contribution in [2.24, 2.45) is 0 Å². The van der Waals surface area contributed by atoms with Crippen molar-refractivity contribution < 1.29 is 5.11 Å². The molecule has 0 aromatic heterocycles. The first-order valence-electron chi connectivity index (χ1n) is 2.97. The fraction of sp³-hybridized carbons (Fsp3) is 1.00. The smallest absolute Gasteiger partial charge is 0.112 e. The topological polar surface area (TPSA) is 20.2 Å². The van der Waals surface area contributed by atoms with Crippen molar-refractivity contribution in [1.82, 2.24) is 0 Å². The molecular weight excluding hydrogens is 98.9 g/mol. The van der Waals surface area contributed by atoms with Crippen molar-refractivity contribution in [3.05, 3.63) is 0 Å². The summed E-state index contributed by atoms with van der Waals surface area (Å²) in [6.45, 7) is 7.69. The van der Waals surface area contributed by atoms with E-state index in [0.29, 0.717) is 0 Å². The highest BCUT2D eigenvalue weighted by atomic mass is 16.3. The lowest BCUT2D eigenvalue weighted by atomic mass is 9.62. The summed E-state index contributed by atoms with van der Waals surface area (Å²) in [7, 11) is 2.02. The summed E-state index contributed by atoms with van der Waals surface area (Å²) in [5.74, 6) is 0. The lowest BCUT2D eigenvalue weighted by molar-refractivity contribution is 0.0420. The molecule has 0 saturated carbocycles. The third-order valence-electron chi connectivity index (χ3n) is 1.84. The molecule has 0 spiro atoms. The molecule has 1 N–H and O–H groups in total. The summed E-state index contributed by atoms with van der Waals surface area (Å²) in [5.41, 5.74) is -0.562. The Morgan fingerprint density at radius 1 is 1.12 bits per heavy atom. The molecule has 0 atom stereocenters. The van der Waals surface area contributed by atoms with E-state index in [2.05, 4.69) is 0 Å². The Bertz CT molecular complexity index is 63.5. The Kier molecular flexibility index (Phi) is 1.77. The minimum atomic E-state index is -0.562. The van der Waals surface area contributed by atoms with Gasteiger partial charge in [-0.05, 0) is 19.2 Å². The van der Waals surface area contributed by atoms with Crippen molar-refractivity contribution in [3.63, 3.8) is 0 Å². The van der Waals surface area contributed by atoms with E-state index in [1.54, 1.807) is 0 Å². The van der Waals surface area contributed by atoms with Crippen LogP contribution in [0, 0.1) is 0 Å². The molecule has 2 heteroatoms. The second kappa shape index (κ2) is 1.76. The molecule has 1 nitrogen and oxygen atoms in total. The first kappa shape index (κ1) is 8.02.